The quantitative estimate of drug-likeness (QED) is 0.758. The Labute approximate surface area is 134 Å². The Kier molecular flexibility index (Phi) is 4.12. The van der Waals surface area contributed by atoms with E-state index in [1.54, 1.807) is 18.2 Å². The van der Waals surface area contributed by atoms with Crippen LogP contribution in [0.5, 0.6) is 0 Å². The van der Waals surface area contributed by atoms with Crippen LogP contribution in [0.1, 0.15) is 41.1 Å². The van der Waals surface area contributed by atoms with E-state index in [9.17, 15) is 4.79 Å². The van der Waals surface area contributed by atoms with Crippen molar-refractivity contribution >= 4 is 17.0 Å². The fourth-order valence-corrected chi connectivity index (χ4v) is 2.71. The molecular weight excluding hydrogens is 290 g/mol. The number of hydrogen-bond donors (Lipinski definition) is 2. The number of hydrogen-bond acceptors (Lipinski definition) is 3. The number of aromatic carboxylic acids is 1. The molecule has 0 saturated carbocycles. The van der Waals surface area contributed by atoms with Gasteiger partial charge in [0.2, 0.25) is 0 Å². The molecule has 118 valence electrons. The fourth-order valence-electron chi connectivity index (χ4n) is 2.71. The third-order valence-electron chi connectivity index (χ3n) is 3.97. The molecule has 1 aromatic heterocycles. The van der Waals surface area contributed by atoms with E-state index in [1.165, 1.54) is 0 Å². The highest BCUT2D eigenvalue weighted by Gasteiger charge is 2.16. The largest absolute Gasteiger partial charge is 0.478 e. The summed E-state index contributed by atoms with van der Waals surface area (Å²) < 4.78 is 2.07. The third kappa shape index (κ3) is 2.96. The molecule has 0 fully saturated rings. The van der Waals surface area contributed by atoms with Crippen LogP contribution in [0.15, 0.2) is 48.5 Å². The lowest BCUT2D eigenvalue weighted by Crippen LogP contribution is -2.16. The molecule has 0 aliphatic heterocycles. The van der Waals surface area contributed by atoms with Gasteiger partial charge in [0.25, 0.3) is 0 Å². The molecule has 0 spiro atoms. The van der Waals surface area contributed by atoms with E-state index in [4.69, 9.17) is 10.8 Å². The summed E-state index contributed by atoms with van der Waals surface area (Å²) in [6.45, 7) is 2.57. The SMILES string of the molecule is CCC(N)c1nc2ccccc2n1Cc1cccc(C(=O)O)c1. The Morgan fingerprint density at radius 3 is 2.78 bits per heavy atom. The summed E-state index contributed by atoms with van der Waals surface area (Å²) in [5, 5.41) is 9.15. The first kappa shape index (κ1) is 15.2. The van der Waals surface area contributed by atoms with E-state index >= 15 is 0 Å². The first-order valence-corrected chi connectivity index (χ1v) is 7.63. The van der Waals surface area contributed by atoms with Gasteiger partial charge in [-0.2, -0.15) is 0 Å². The van der Waals surface area contributed by atoms with Gasteiger partial charge in [-0.1, -0.05) is 31.2 Å². The highest BCUT2D eigenvalue weighted by atomic mass is 16.4. The zero-order valence-corrected chi connectivity index (χ0v) is 12.9. The molecule has 0 bridgehead atoms. The maximum atomic E-state index is 11.2. The molecule has 3 rings (SSSR count). The van der Waals surface area contributed by atoms with Crippen LogP contribution in [-0.4, -0.2) is 20.6 Å². The van der Waals surface area contributed by atoms with Gasteiger partial charge >= 0.3 is 5.97 Å². The molecule has 0 aliphatic rings. The minimum absolute atomic E-state index is 0.148. The van der Waals surface area contributed by atoms with Gasteiger partial charge in [0.05, 0.1) is 22.6 Å². The summed E-state index contributed by atoms with van der Waals surface area (Å²) in [5.74, 6) is -0.0951. The Morgan fingerprint density at radius 2 is 2.04 bits per heavy atom. The smallest absolute Gasteiger partial charge is 0.335 e. The number of rotatable bonds is 5. The second-order valence-corrected chi connectivity index (χ2v) is 5.57. The van der Waals surface area contributed by atoms with Crippen LogP contribution in [0.2, 0.25) is 0 Å². The van der Waals surface area contributed by atoms with Crippen LogP contribution >= 0.6 is 0 Å². The molecule has 5 heteroatoms. The minimum atomic E-state index is -0.923. The topological polar surface area (TPSA) is 81.1 Å². The number of nitrogens with two attached hydrogens (primary N) is 1. The lowest BCUT2D eigenvalue weighted by atomic mass is 10.1. The van der Waals surface area contributed by atoms with Gasteiger partial charge < -0.3 is 15.4 Å². The van der Waals surface area contributed by atoms with Gasteiger partial charge in [-0.25, -0.2) is 9.78 Å². The highest BCUT2D eigenvalue weighted by Crippen LogP contribution is 2.23. The number of carbonyl (C=O) groups is 1. The number of para-hydroxylation sites is 2. The molecule has 0 aliphatic carbocycles. The molecule has 23 heavy (non-hydrogen) atoms. The van der Waals surface area contributed by atoms with Gasteiger partial charge in [-0.3, -0.25) is 0 Å². The molecule has 0 amide bonds. The molecule has 1 heterocycles. The van der Waals surface area contributed by atoms with Crippen molar-refractivity contribution in [1.29, 1.82) is 0 Å². The van der Waals surface area contributed by atoms with Crippen molar-refractivity contribution < 1.29 is 9.90 Å². The highest BCUT2D eigenvalue weighted by molar-refractivity contribution is 5.87. The Bertz CT molecular complexity index is 854. The first-order valence-electron chi connectivity index (χ1n) is 7.63. The predicted molar refractivity (Wildman–Crippen MR) is 89.5 cm³/mol. The zero-order chi connectivity index (χ0) is 16.4. The third-order valence-corrected chi connectivity index (χ3v) is 3.97. The van der Waals surface area contributed by atoms with Crippen LogP contribution in [0.4, 0.5) is 0 Å². The number of aromatic nitrogens is 2. The monoisotopic (exact) mass is 309 g/mol. The predicted octanol–water partition coefficient (Wildman–Crippen LogP) is 3.19. The summed E-state index contributed by atoms with van der Waals surface area (Å²) in [6.07, 6.45) is 0.790. The fraction of sp³-hybridized carbons (Fsp3) is 0.222. The average Bonchev–Trinajstić information content (AvgIpc) is 2.93. The number of carboxylic acid groups (broad SMARTS) is 1. The van der Waals surface area contributed by atoms with Crippen molar-refractivity contribution in [2.24, 2.45) is 5.73 Å². The summed E-state index contributed by atoms with van der Waals surface area (Å²) in [4.78, 5) is 15.8. The van der Waals surface area contributed by atoms with Crippen LogP contribution in [0.3, 0.4) is 0 Å². The van der Waals surface area contributed by atoms with Crippen LogP contribution < -0.4 is 5.73 Å². The Morgan fingerprint density at radius 1 is 1.26 bits per heavy atom. The molecule has 3 N–H and O–H groups in total. The van der Waals surface area contributed by atoms with Crippen molar-refractivity contribution in [3.05, 3.63) is 65.5 Å². The van der Waals surface area contributed by atoms with E-state index in [1.807, 2.05) is 37.3 Å². The molecule has 1 unspecified atom stereocenters. The van der Waals surface area contributed by atoms with Gasteiger partial charge in [-0.05, 0) is 36.2 Å². The standard InChI is InChI=1S/C18H19N3O2/c1-2-14(19)17-20-15-8-3-4-9-16(15)21(17)11-12-6-5-7-13(10-12)18(22)23/h3-10,14H,2,11,19H2,1H3,(H,22,23). The maximum Gasteiger partial charge on any atom is 0.335 e. The van der Waals surface area contributed by atoms with Gasteiger partial charge in [-0.15, -0.1) is 0 Å². The lowest BCUT2D eigenvalue weighted by Gasteiger charge is -2.13. The van der Waals surface area contributed by atoms with E-state index in [-0.39, 0.29) is 11.6 Å². The van der Waals surface area contributed by atoms with Crippen molar-refractivity contribution in [2.45, 2.75) is 25.9 Å². The average molecular weight is 309 g/mol. The Hall–Kier alpha value is -2.66. The second-order valence-electron chi connectivity index (χ2n) is 5.57. The summed E-state index contributed by atoms with van der Waals surface area (Å²) in [7, 11) is 0. The Balaban J connectivity index is 2.08. The van der Waals surface area contributed by atoms with Gasteiger partial charge in [0, 0.05) is 6.54 Å². The second kappa shape index (κ2) is 6.22. The minimum Gasteiger partial charge on any atom is -0.478 e. The van der Waals surface area contributed by atoms with Crippen molar-refractivity contribution in [2.75, 3.05) is 0 Å². The zero-order valence-electron chi connectivity index (χ0n) is 12.9. The summed E-state index contributed by atoms with van der Waals surface area (Å²) in [5.41, 5.74) is 9.32. The van der Waals surface area contributed by atoms with E-state index in [0.717, 1.165) is 28.8 Å². The van der Waals surface area contributed by atoms with Gasteiger partial charge in [0.1, 0.15) is 5.82 Å². The van der Waals surface area contributed by atoms with Crippen LogP contribution in [0.25, 0.3) is 11.0 Å². The molecule has 5 nitrogen and oxygen atoms in total. The molecule has 1 atom stereocenters. The van der Waals surface area contributed by atoms with Crippen molar-refractivity contribution in [1.82, 2.24) is 9.55 Å². The van der Waals surface area contributed by atoms with Gasteiger partial charge in [0.15, 0.2) is 0 Å². The first-order chi connectivity index (χ1) is 11.1. The van der Waals surface area contributed by atoms with Crippen molar-refractivity contribution in [3.8, 4) is 0 Å². The molecular formula is C18H19N3O2. The number of fused-ring (bicyclic) bond motifs is 1. The van der Waals surface area contributed by atoms with E-state index < -0.39 is 5.97 Å². The maximum absolute atomic E-state index is 11.2. The van der Waals surface area contributed by atoms with Crippen molar-refractivity contribution in [3.63, 3.8) is 0 Å². The molecule has 2 aromatic carbocycles. The molecule has 3 aromatic rings. The number of nitrogens with zero attached hydrogens (tertiary/aromatic N) is 2. The van der Waals surface area contributed by atoms with E-state index in [0.29, 0.717) is 6.54 Å². The number of imidazole rings is 1. The lowest BCUT2D eigenvalue weighted by molar-refractivity contribution is 0.0696. The molecule has 0 saturated heterocycles. The number of benzene rings is 2. The number of carboxylic acids is 1. The van der Waals surface area contributed by atoms with E-state index in [2.05, 4.69) is 9.55 Å². The van der Waals surface area contributed by atoms with Crippen LogP contribution in [-0.2, 0) is 6.54 Å². The summed E-state index contributed by atoms with van der Waals surface area (Å²) in [6, 6.07) is 14.7. The normalized spacial score (nSPS) is 12.4. The molecule has 0 radical (unpaired) electrons. The summed E-state index contributed by atoms with van der Waals surface area (Å²) >= 11 is 0. The van der Waals surface area contributed by atoms with Crippen LogP contribution in [0, 0.1) is 0 Å².